The van der Waals surface area contributed by atoms with E-state index < -0.39 is 24.9 Å². The van der Waals surface area contributed by atoms with Crippen molar-refractivity contribution in [3.63, 3.8) is 0 Å². The molecule has 0 spiro atoms. The third-order valence-corrected chi connectivity index (χ3v) is 6.60. The molecule has 1 aromatic carbocycles. The summed E-state index contributed by atoms with van der Waals surface area (Å²) in [6.07, 6.45) is -1.60. The summed E-state index contributed by atoms with van der Waals surface area (Å²) in [6.45, 7) is 1.86. The molecule has 3 heterocycles. The highest BCUT2D eigenvalue weighted by Crippen LogP contribution is 2.26. The number of hydrogen-bond donors (Lipinski definition) is 2. The Bertz CT molecular complexity index is 998. The van der Waals surface area contributed by atoms with E-state index in [2.05, 4.69) is 19.9 Å². The van der Waals surface area contributed by atoms with Crippen LogP contribution in [0, 0.1) is 11.7 Å². The highest BCUT2D eigenvalue weighted by Gasteiger charge is 2.33. The van der Waals surface area contributed by atoms with E-state index in [1.165, 1.54) is 30.5 Å². The van der Waals surface area contributed by atoms with E-state index in [9.17, 15) is 27.5 Å². The van der Waals surface area contributed by atoms with Crippen molar-refractivity contribution in [1.82, 2.24) is 15.2 Å². The van der Waals surface area contributed by atoms with Crippen LogP contribution in [-0.2, 0) is 4.79 Å². The average molecular weight is 511 g/mol. The first-order valence-corrected chi connectivity index (χ1v) is 12.0. The summed E-state index contributed by atoms with van der Waals surface area (Å²) in [5, 5.41) is 14.1. The Morgan fingerprint density at radius 2 is 1.86 bits per heavy atom. The standard InChI is InChI=1S/C25H30F4N4O3/c26-19-4-6-20(7-5-19)33-12-9-18(14-33)24(35)31-21(15-32-10-1-2-11-32)23(34)17-3-8-22(30-13-17)36-16-25(27,28)29/h3-8,13,18,21,23,34H,1-2,9-12,14-16H2,(H,31,35). The summed E-state index contributed by atoms with van der Waals surface area (Å²) < 4.78 is 55.0. The van der Waals surface area contributed by atoms with Gasteiger partial charge in [-0.3, -0.25) is 4.79 Å². The minimum absolute atomic E-state index is 0.180. The molecule has 2 N–H and O–H groups in total. The van der Waals surface area contributed by atoms with Gasteiger partial charge < -0.3 is 25.0 Å². The van der Waals surface area contributed by atoms with Gasteiger partial charge in [0.1, 0.15) is 11.9 Å². The number of aliphatic hydroxyl groups excluding tert-OH is 1. The summed E-state index contributed by atoms with van der Waals surface area (Å²) in [4.78, 5) is 21.2. The van der Waals surface area contributed by atoms with Crippen LogP contribution in [0.1, 0.15) is 30.9 Å². The first-order chi connectivity index (χ1) is 17.2. The lowest BCUT2D eigenvalue weighted by Crippen LogP contribution is -2.48. The van der Waals surface area contributed by atoms with Crippen LogP contribution >= 0.6 is 0 Å². The van der Waals surface area contributed by atoms with E-state index in [4.69, 9.17) is 0 Å². The molecule has 1 amide bonds. The molecule has 2 aliphatic rings. The molecule has 2 aromatic rings. The van der Waals surface area contributed by atoms with Crippen LogP contribution in [0.5, 0.6) is 5.88 Å². The van der Waals surface area contributed by atoms with Gasteiger partial charge in [0.25, 0.3) is 0 Å². The molecule has 2 saturated heterocycles. The van der Waals surface area contributed by atoms with Gasteiger partial charge in [0, 0.05) is 43.1 Å². The van der Waals surface area contributed by atoms with Crippen molar-refractivity contribution in [3.05, 3.63) is 54.0 Å². The predicted octanol–water partition coefficient (Wildman–Crippen LogP) is 3.30. The summed E-state index contributed by atoms with van der Waals surface area (Å²) in [6, 6.07) is 8.25. The van der Waals surface area contributed by atoms with Gasteiger partial charge in [0.2, 0.25) is 11.8 Å². The van der Waals surface area contributed by atoms with Crippen LogP contribution in [0.2, 0.25) is 0 Å². The molecular weight excluding hydrogens is 480 g/mol. The molecule has 2 aliphatic heterocycles. The molecule has 0 saturated carbocycles. The Labute approximate surface area is 207 Å². The molecule has 3 atom stereocenters. The van der Waals surface area contributed by atoms with Gasteiger partial charge >= 0.3 is 6.18 Å². The highest BCUT2D eigenvalue weighted by atomic mass is 19.4. The number of likely N-dealkylation sites (tertiary alicyclic amines) is 1. The topological polar surface area (TPSA) is 77.9 Å². The van der Waals surface area contributed by atoms with Crippen LogP contribution in [-0.4, -0.2) is 72.4 Å². The molecule has 7 nitrogen and oxygen atoms in total. The minimum atomic E-state index is -4.47. The largest absolute Gasteiger partial charge is 0.468 e. The zero-order valence-corrected chi connectivity index (χ0v) is 19.8. The number of alkyl halides is 3. The van der Waals surface area contributed by atoms with Crippen molar-refractivity contribution < 1.29 is 32.2 Å². The molecule has 11 heteroatoms. The number of amides is 1. The Morgan fingerprint density at radius 3 is 2.50 bits per heavy atom. The number of rotatable bonds is 9. The van der Waals surface area contributed by atoms with Crippen LogP contribution in [0.4, 0.5) is 23.2 Å². The average Bonchev–Trinajstić information content (AvgIpc) is 3.55. The second-order valence-electron chi connectivity index (χ2n) is 9.31. The van der Waals surface area contributed by atoms with E-state index in [1.807, 2.05) is 4.90 Å². The number of hydrogen-bond acceptors (Lipinski definition) is 6. The fourth-order valence-corrected chi connectivity index (χ4v) is 4.67. The maximum absolute atomic E-state index is 13.2. The van der Waals surface area contributed by atoms with Crippen LogP contribution in [0.3, 0.4) is 0 Å². The normalized spacial score (nSPS) is 20.4. The Kier molecular flexibility index (Phi) is 8.30. The number of aliphatic hydroxyl groups is 1. The lowest BCUT2D eigenvalue weighted by atomic mass is 10.0. The molecular formula is C25H30F4N4O3. The fraction of sp³-hybridized carbons (Fsp3) is 0.520. The molecule has 36 heavy (non-hydrogen) atoms. The third-order valence-electron chi connectivity index (χ3n) is 6.60. The van der Waals surface area contributed by atoms with Gasteiger partial charge in [-0.15, -0.1) is 0 Å². The predicted molar refractivity (Wildman–Crippen MR) is 125 cm³/mol. The maximum atomic E-state index is 13.2. The molecule has 1 aromatic heterocycles. The minimum Gasteiger partial charge on any atom is -0.468 e. The molecule has 0 radical (unpaired) electrons. The van der Waals surface area contributed by atoms with Crippen LogP contribution < -0.4 is 15.0 Å². The van der Waals surface area contributed by atoms with E-state index >= 15 is 0 Å². The molecule has 0 bridgehead atoms. The SMILES string of the molecule is O=C(NC(CN1CCCC1)C(O)c1ccc(OCC(F)(F)F)nc1)C1CCN(c2ccc(F)cc2)C1. The van der Waals surface area contributed by atoms with E-state index in [1.54, 1.807) is 12.1 Å². The van der Waals surface area contributed by atoms with Gasteiger partial charge in [0.05, 0.1) is 12.0 Å². The first kappa shape index (κ1) is 26.2. The number of ether oxygens (including phenoxy) is 1. The molecule has 4 rings (SSSR count). The molecule has 196 valence electrons. The number of halogens is 4. The maximum Gasteiger partial charge on any atom is 0.422 e. The van der Waals surface area contributed by atoms with Gasteiger partial charge in [-0.2, -0.15) is 13.2 Å². The number of pyridine rings is 1. The van der Waals surface area contributed by atoms with Crippen molar-refractivity contribution in [2.24, 2.45) is 5.92 Å². The van der Waals surface area contributed by atoms with Crippen molar-refractivity contribution in [3.8, 4) is 5.88 Å². The van der Waals surface area contributed by atoms with Gasteiger partial charge in [-0.05, 0) is 62.7 Å². The van der Waals surface area contributed by atoms with Crippen LogP contribution in [0.15, 0.2) is 42.6 Å². The Balaban J connectivity index is 1.40. The second kappa shape index (κ2) is 11.4. The van der Waals surface area contributed by atoms with Crippen molar-refractivity contribution in [2.45, 2.75) is 37.6 Å². The lowest BCUT2D eigenvalue weighted by Gasteiger charge is -2.29. The van der Waals surface area contributed by atoms with Gasteiger partial charge in [0.15, 0.2) is 6.61 Å². The number of carbonyl (C=O) groups excluding carboxylic acids is 1. The second-order valence-corrected chi connectivity index (χ2v) is 9.31. The van der Waals surface area contributed by atoms with Gasteiger partial charge in [-0.1, -0.05) is 0 Å². The Hall–Kier alpha value is -2.92. The number of benzene rings is 1. The van der Waals surface area contributed by atoms with E-state index in [0.717, 1.165) is 31.6 Å². The first-order valence-electron chi connectivity index (χ1n) is 12.0. The zero-order chi connectivity index (χ0) is 25.7. The smallest absolute Gasteiger partial charge is 0.422 e. The zero-order valence-electron chi connectivity index (χ0n) is 19.8. The number of nitrogens with zero attached hydrogens (tertiary/aromatic N) is 3. The lowest BCUT2D eigenvalue weighted by molar-refractivity contribution is -0.154. The van der Waals surface area contributed by atoms with Gasteiger partial charge in [-0.25, -0.2) is 9.37 Å². The number of carbonyl (C=O) groups is 1. The van der Waals surface area contributed by atoms with Crippen molar-refractivity contribution in [1.29, 1.82) is 0 Å². The molecule has 3 unspecified atom stereocenters. The van der Waals surface area contributed by atoms with E-state index in [-0.39, 0.29) is 23.5 Å². The monoisotopic (exact) mass is 510 g/mol. The summed E-state index contributed by atoms with van der Waals surface area (Å²) in [7, 11) is 0. The number of anilines is 1. The number of aromatic nitrogens is 1. The summed E-state index contributed by atoms with van der Waals surface area (Å²) >= 11 is 0. The van der Waals surface area contributed by atoms with E-state index in [0.29, 0.717) is 31.6 Å². The van der Waals surface area contributed by atoms with Crippen molar-refractivity contribution >= 4 is 11.6 Å². The van der Waals surface area contributed by atoms with Crippen LogP contribution in [0.25, 0.3) is 0 Å². The third kappa shape index (κ3) is 7.07. The Morgan fingerprint density at radius 1 is 1.14 bits per heavy atom. The van der Waals surface area contributed by atoms with Crippen molar-refractivity contribution in [2.75, 3.05) is 44.2 Å². The fourth-order valence-electron chi connectivity index (χ4n) is 4.67. The number of nitrogens with one attached hydrogen (secondary N) is 1. The summed E-state index contributed by atoms with van der Waals surface area (Å²) in [5.74, 6) is -0.990. The summed E-state index contributed by atoms with van der Waals surface area (Å²) in [5.41, 5.74) is 1.22. The molecule has 0 aliphatic carbocycles. The quantitative estimate of drug-likeness (QED) is 0.505. The molecule has 2 fully saturated rings. The highest BCUT2D eigenvalue weighted by molar-refractivity contribution is 5.80.